The highest BCUT2D eigenvalue weighted by Gasteiger charge is 2.09. The van der Waals surface area contributed by atoms with Crippen LogP contribution < -0.4 is 5.43 Å². The molecule has 9 heteroatoms. The second-order valence-corrected chi connectivity index (χ2v) is 5.25. The van der Waals surface area contributed by atoms with Crippen LogP contribution in [0.1, 0.15) is 17.0 Å². The first-order valence-electron chi connectivity index (χ1n) is 6.63. The molecule has 0 aliphatic heterocycles. The van der Waals surface area contributed by atoms with Crippen LogP contribution in [0.15, 0.2) is 29.4 Å². The Kier molecular flexibility index (Phi) is 5.07. The van der Waals surface area contributed by atoms with E-state index < -0.39 is 4.92 Å². The van der Waals surface area contributed by atoms with Crippen LogP contribution in [-0.2, 0) is 11.3 Å². The second kappa shape index (κ2) is 7.01. The van der Waals surface area contributed by atoms with Crippen molar-refractivity contribution < 1.29 is 9.72 Å². The number of aromatic nitrogens is 2. The van der Waals surface area contributed by atoms with Gasteiger partial charge in [-0.25, -0.2) is 5.43 Å². The number of carbonyl (C=O) groups excluding carboxylic acids is 1. The van der Waals surface area contributed by atoms with Gasteiger partial charge in [-0.3, -0.25) is 19.6 Å². The van der Waals surface area contributed by atoms with Crippen LogP contribution in [0.3, 0.4) is 0 Å². The Balaban J connectivity index is 2.01. The zero-order valence-corrected chi connectivity index (χ0v) is 13.2. The first-order valence-corrected chi connectivity index (χ1v) is 7.01. The average molecular weight is 336 g/mol. The highest BCUT2D eigenvalue weighted by atomic mass is 35.5. The number of nitro benzene ring substituents is 1. The predicted molar refractivity (Wildman–Crippen MR) is 85.5 cm³/mol. The molecule has 120 valence electrons. The SMILES string of the molecule is Cc1cc(C)n(CC(=O)N/N=C/c2cc([N+](=O)[O-])ccc2Cl)n1. The summed E-state index contributed by atoms with van der Waals surface area (Å²) in [5, 5.41) is 19.0. The zero-order chi connectivity index (χ0) is 17.0. The first kappa shape index (κ1) is 16.6. The van der Waals surface area contributed by atoms with Gasteiger partial charge in [-0.1, -0.05) is 11.6 Å². The number of nitro groups is 1. The number of rotatable bonds is 5. The average Bonchev–Trinajstić information content (AvgIpc) is 2.78. The number of nitrogens with zero attached hydrogens (tertiary/aromatic N) is 4. The standard InChI is InChI=1S/C14H14ClN5O3/c1-9-5-10(2)19(18-9)8-14(21)17-16-7-11-6-12(20(22)23)3-4-13(11)15/h3-7H,8H2,1-2H3,(H,17,21)/b16-7+. The molecule has 0 atom stereocenters. The van der Waals surface area contributed by atoms with Crippen LogP contribution in [-0.4, -0.2) is 26.8 Å². The van der Waals surface area contributed by atoms with Crippen molar-refractivity contribution in [3.63, 3.8) is 0 Å². The Morgan fingerprint density at radius 2 is 2.22 bits per heavy atom. The van der Waals surface area contributed by atoms with Gasteiger partial charge in [-0.2, -0.15) is 10.2 Å². The van der Waals surface area contributed by atoms with E-state index in [1.807, 2.05) is 19.9 Å². The predicted octanol–water partition coefficient (Wildman–Crippen LogP) is 2.21. The van der Waals surface area contributed by atoms with Crippen molar-refractivity contribution in [3.05, 3.63) is 56.4 Å². The maximum atomic E-state index is 11.8. The quantitative estimate of drug-likeness (QED) is 0.514. The second-order valence-electron chi connectivity index (χ2n) is 4.84. The van der Waals surface area contributed by atoms with Crippen LogP contribution >= 0.6 is 11.6 Å². The molecule has 0 aliphatic rings. The monoisotopic (exact) mass is 335 g/mol. The molecule has 0 radical (unpaired) electrons. The van der Waals surface area contributed by atoms with E-state index in [9.17, 15) is 14.9 Å². The van der Waals surface area contributed by atoms with Crippen molar-refractivity contribution in [1.82, 2.24) is 15.2 Å². The summed E-state index contributed by atoms with van der Waals surface area (Å²) in [5.74, 6) is -0.367. The minimum absolute atomic E-state index is 0.0275. The molecule has 1 aromatic heterocycles. The number of carbonyl (C=O) groups is 1. The fourth-order valence-corrected chi connectivity index (χ4v) is 2.09. The van der Waals surface area contributed by atoms with Gasteiger partial charge in [0.05, 0.1) is 16.8 Å². The van der Waals surface area contributed by atoms with Gasteiger partial charge < -0.3 is 0 Å². The number of nitrogens with one attached hydrogen (secondary N) is 1. The summed E-state index contributed by atoms with van der Waals surface area (Å²) in [6.07, 6.45) is 1.26. The third kappa shape index (κ3) is 4.36. The number of non-ortho nitro benzene ring substituents is 1. The molecule has 1 N–H and O–H groups in total. The van der Waals surface area contributed by atoms with Crippen LogP contribution in [0.4, 0.5) is 5.69 Å². The molecule has 0 saturated carbocycles. The highest BCUT2D eigenvalue weighted by Crippen LogP contribution is 2.20. The largest absolute Gasteiger partial charge is 0.271 e. The number of amides is 1. The molecule has 0 unspecified atom stereocenters. The van der Waals surface area contributed by atoms with E-state index >= 15 is 0 Å². The van der Waals surface area contributed by atoms with E-state index in [-0.39, 0.29) is 18.1 Å². The Labute approximate surface area is 136 Å². The summed E-state index contributed by atoms with van der Waals surface area (Å²) in [6, 6.07) is 5.83. The summed E-state index contributed by atoms with van der Waals surface area (Å²) in [6.45, 7) is 3.71. The summed E-state index contributed by atoms with van der Waals surface area (Å²) in [5.41, 5.74) is 4.25. The van der Waals surface area contributed by atoms with Crippen LogP contribution in [0, 0.1) is 24.0 Å². The molecule has 1 heterocycles. The lowest BCUT2D eigenvalue weighted by Gasteiger charge is -2.03. The van der Waals surface area contributed by atoms with E-state index in [4.69, 9.17) is 11.6 Å². The van der Waals surface area contributed by atoms with Crippen molar-refractivity contribution in [2.24, 2.45) is 5.10 Å². The van der Waals surface area contributed by atoms with Gasteiger partial charge in [0.2, 0.25) is 0 Å². The first-order chi connectivity index (χ1) is 10.9. The van der Waals surface area contributed by atoms with Crippen molar-refractivity contribution in [2.75, 3.05) is 0 Å². The number of halogens is 1. The molecule has 1 aromatic carbocycles. The molecule has 0 bridgehead atoms. The van der Waals surface area contributed by atoms with Crippen molar-refractivity contribution in [2.45, 2.75) is 20.4 Å². The number of hydrazone groups is 1. The Bertz CT molecular complexity index is 785. The van der Waals surface area contributed by atoms with E-state index in [0.29, 0.717) is 10.6 Å². The fraction of sp³-hybridized carbons (Fsp3) is 0.214. The van der Waals surface area contributed by atoms with E-state index in [2.05, 4.69) is 15.6 Å². The topological polar surface area (TPSA) is 102 Å². The fourth-order valence-electron chi connectivity index (χ4n) is 1.92. The molecule has 8 nitrogen and oxygen atoms in total. The van der Waals surface area contributed by atoms with Crippen molar-refractivity contribution in [1.29, 1.82) is 0 Å². The Morgan fingerprint density at radius 3 is 2.83 bits per heavy atom. The van der Waals surface area contributed by atoms with Gasteiger partial charge in [0.15, 0.2) is 0 Å². The number of hydrogen-bond acceptors (Lipinski definition) is 5. The lowest BCUT2D eigenvalue weighted by Crippen LogP contribution is -2.24. The summed E-state index contributed by atoms with van der Waals surface area (Å²) in [7, 11) is 0. The molecule has 0 aliphatic carbocycles. The lowest BCUT2D eigenvalue weighted by atomic mass is 10.2. The van der Waals surface area contributed by atoms with Crippen LogP contribution in [0.25, 0.3) is 0 Å². The number of aryl methyl sites for hydroxylation is 2. The maximum Gasteiger partial charge on any atom is 0.270 e. The van der Waals surface area contributed by atoms with Crippen molar-refractivity contribution in [3.8, 4) is 0 Å². The normalized spacial score (nSPS) is 10.9. The maximum absolute atomic E-state index is 11.8. The summed E-state index contributed by atoms with van der Waals surface area (Å²) in [4.78, 5) is 22.0. The molecule has 2 aromatic rings. The van der Waals surface area contributed by atoms with Crippen molar-refractivity contribution >= 4 is 29.4 Å². The number of benzene rings is 1. The summed E-state index contributed by atoms with van der Waals surface area (Å²) < 4.78 is 1.56. The van der Waals surface area contributed by atoms with Gasteiger partial charge in [0.25, 0.3) is 11.6 Å². The smallest absolute Gasteiger partial charge is 0.270 e. The molecule has 0 spiro atoms. The highest BCUT2D eigenvalue weighted by molar-refractivity contribution is 6.33. The molecule has 0 fully saturated rings. The van der Waals surface area contributed by atoms with Gasteiger partial charge in [0.1, 0.15) is 6.54 Å². The van der Waals surface area contributed by atoms with Crippen LogP contribution in [0.5, 0.6) is 0 Å². The zero-order valence-electron chi connectivity index (χ0n) is 12.5. The van der Waals surface area contributed by atoms with Gasteiger partial charge >= 0.3 is 0 Å². The van der Waals surface area contributed by atoms with E-state index in [0.717, 1.165) is 11.4 Å². The minimum Gasteiger partial charge on any atom is -0.271 e. The van der Waals surface area contributed by atoms with Crippen LogP contribution in [0.2, 0.25) is 5.02 Å². The lowest BCUT2D eigenvalue weighted by molar-refractivity contribution is -0.384. The molecule has 1 amide bonds. The Morgan fingerprint density at radius 1 is 1.48 bits per heavy atom. The molecule has 23 heavy (non-hydrogen) atoms. The van der Waals surface area contributed by atoms with Gasteiger partial charge in [-0.15, -0.1) is 0 Å². The number of hydrogen-bond donors (Lipinski definition) is 1. The molecule has 0 saturated heterocycles. The van der Waals surface area contributed by atoms with E-state index in [1.165, 1.54) is 24.4 Å². The third-order valence-corrected chi connectivity index (χ3v) is 3.32. The third-order valence-electron chi connectivity index (χ3n) is 2.98. The summed E-state index contributed by atoms with van der Waals surface area (Å²) >= 11 is 5.93. The van der Waals surface area contributed by atoms with Gasteiger partial charge in [-0.05, 0) is 26.0 Å². The molecular weight excluding hydrogens is 322 g/mol. The van der Waals surface area contributed by atoms with E-state index in [1.54, 1.807) is 4.68 Å². The molecule has 2 rings (SSSR count). The van der Waals surface area contributed by atoms with Gasteiger partial charge in [0, 0.05) is 28.4 Å². The molecular formula is C14H14ClN5O3. The Hall–Kier alpha value is -2.74. The minimum atomic E-state index is -0.533.